The third-order valence-corrected chi connectivity index (χ3v) is 2.08. The maximum absolute atomic E-state index is 9.30. The molecule has 1 unspecified atom stereocenters. The van der Waals surface area contributed by atoms with Gasteiger partial charge in [-0.05, 0) is 12.8 Å². The van der Waals surface area contributed by atoms with Crippen LogP contribution < -0.4 is 0 Å². The molecule has 0 heterocycles. The van der Waals surface area contributed by atoms with Gasteiger partial charge in [-0.1, -0.05) is 18.9 Å². The van der Waals surface area contributed by atoms with E-state index in [4.69, 9.17) is 0 Å². The lowest BCUT2D eigenvalue weighted by Crippen LogP contribution is -2.22. The van der Waals surface area contributed by atoms with E-state index in [0.29, 0.717) is 5.92 Å². The Balaban J connectivity index is 2.38. The Morgan fingerprint density at radius 2 is 2.00 bits per heavy atom. The largest absolute Gasteiger partial charge is 0.393 e. The van der Waals surface area contributed by atoms with Crippen molar-refractivity contribution < 1.29 is 5.11 Å². The van der Waals surface area contributed by atoms with Crippen molar-refractivity contribution >= 4 is 0 Å². The minimum absolute atomic E-state index is 0.101. The number of hydrogen-bond donors (Lipinski definition) is 1. The van der Waals surface area contributed by atoms with Crippen LogP contribution in [0.2, 0.25) is 0 Å². The van der Waals surface area contributed by atoms with Crippen LogP contribution in [-0.4, -0.2) is 11.2 Å². The Hall–Kier alpha value is -0.300. The second kappa shape index (κ2) is 3.02. The molecule has 1 fully saturated rings. The highest BCUT2D eigenvalue weighted by Crippen LogP contribution is 2.24. The maximum Gasteiger partial charge on any atom is 0.0602 e. The molecule has 0 spiro atoms. The highest BCUT2D eigenvalue weighted by atomic mass is 16.3. The molecular weight excluding hydrogens is 112 g/mol. The highest BCUT2D eigenvalue weighted by Gasteiger charge is 2.19. The molecule has 0 saturated heterocycles. The summed E-state index contributed by atoms with van der Waals surface area (Å²) in [6, 6.07) is 0. The molecule has 0 bridgehead atoms. The van der Waals surface area contributed by atoms with Gasteiger partial charge in [0, 0.05) is 5.92 Å². The Morgan fingerprint density at radius 3 is 2.44 bits per heavy atom. The summed E-state index contributed by atoms with van der Waals surface area (Å²) in [4.78, 5) is 0. The normalized spacial score (nSPS) is 36.1. The van der Waals surface area contributed by atoms with Gasteiger partial charge >= 0.3 is 0 Å². The minimum atomic E-state index is -0.101. The Labute approximate surface area is 56.4 Å². The third-order valence-electron chi connectivity index (χ3n) is 2.08. The first kappa shape index (κ1) is 6.81. The van der Waals surface area contributed by atoms with Crippen molar-refractivity contribution in [1.82, 2.24) is 0 Å². The maximum atomic E-state index is 9.30. The molecule has 1 aliphatic rings. The monoisotopic (exact) mass is 126 g/mol. The average Bonchev–Trinajstić information content (AvgIpc) is 1.89. The zero-order valence-corrected chi connectivity index (χ0v) is 5.71. The smallest absolute Gasteiger partial charge is 0.0602 e. The fourth-order valence-corrected chi connectivity index (χ4v) is 1.41. The van der Waals surface area contributed by atoms with E-state index in [-0.39, 0.29) is 6.10 Å². The van der Waals surface area contributed by atoms with Crippen molar-refractivity contribution in [1.29, 1.82) is 0 Å². The molecule has 9 heavy (non-hydrogen) atoms. The molecule has 1 rings (SSSR count). The second-order valence-corrected chi connectivity index (χ2v) is 2.75. The quantitative estimate of drug-likeness (QED) is 0.530. The van der Waals surface area contributed by atoms with Gasteiger partial charge in [0.05, 0.1) is 6.10 Å². The van der Waals surface area contributed by atoms with Crippen LogP contribution in [0.1, 0.15) is 25.7 Å². The van der Waals surface area contributed by atoms with Crippen LogP contribution in [0.3, 0.4) is 0 Å². The predicted octanol–water partition coefficient (Wildman–Crippen LogP) is 1.72. The Morgan fingerprint density at radius 1 is 1.33 bits per heavy atom. The van der Waals surface area contributed by atoms with E-state index in [9.17, 15) is 5.11 Å². The highest BCUT2D eigenvalue weighted by molar-refractivity contribution is 4.87. The van der Waals surface area contributed by atoms with Crippen LogP contribution in [0.4, 0.5) is 0 Å². The van der Waals surface area contributed by atoms with Crippen molar-refractivity contribution in [2.45, 2.75) is 31.8 Å². The molecule has 2 atom stereocenters. The van der Waals surface area contributed by atoms with Crippen molar-refractivity contribution in [3.05, 3.63) is 12.7 Å². The van der Waals surface area contributed by atoms with Gasteiger partial charge in [-0.25, -0.2) is 0 Å². The molecule has 1 aliphatic carbocycles. The van der Waals surface area contributed by atoms with Gasteiger partial charge in [0.1, 0.15) is 0 Å². The van der Waals surface area contributed by atoms with Crippen LogP contribution in [0.5, 0.6) is 0 Å². The Kier molecular flexibility index (Phi) is 2.29. The predicted molar refractivity (Wildman–Crippen MR) is 38.2 cm³/mol. The lowest BCUT2D eigenvalue weighted by Gasteiger charge is -2.24. The van der Waals surface area contributed by atoms with Crippen LogP contribution in [0, 0.1) is 5.92 Å². The third kappa shape index (κ3) is 1.55. The molecule has 1 saturated carbocycles. The van der Waals surface area contributed by atoms with Crippen LogP contribution >= 0.6 is 0 Å². The van der Waals surface area contributed by atoms with Crippen molar-refractivity contribution in [2.75, 3.05) is 0 Å². The molecule has 0 radical (unpaired) electrons. The molecule has 0 aliphatic heterocycles. The molecule has 52 valence electrons. The molecule has 0 aromatic carbocycles. The summed E-state index contributed by atoms with van der Waals surface area (Å²) in [6.07, 6.45) is 6.32. The Bertz CT molecular complexity index is 98.7. The number of aliphatic hydroxyl groups excluding tert-OH is 1. The van der Waals surface area contributed by atoms with Crippen LogP contribution in [-0.2, 0) is 0 Å². The van der Waals surface area contributed by atoms with Gasteiger partial charge in [0.15, 0.2) is 0 Å². The molecule has 1 nitrogen and oxygen atoms in total. The standard InChI is InChI=1S/C8H14O/c1-2-7-5-3-4-6-8(7)9/h2,7-9H,1,3-6H2/t7?,8-/m0/s1. The lowest BCUT2D eigenvalue weighted by atomic mass is 9.87. The van der Waals surface area contributed by atoms with E-state index < -0.39 is 0 Å². The summed E-state index contributed by atoms with van der Waals surface area (Å²) in [5.74, 6) is 0.374. The van der Waals surface area contributed by atoms with Crippen LogP contribution in [0.25, 0.3) is 0 Å². The number of hydrogen-bond acceptors (Lipinski definition) is 1. The summed E-state index contributed by atoms with van der Waals surface area (Å²) in [5, 5.41) is 9.30. The first-order valence-corrected chi connectivity index (χ1v) is 3.65. The molecule has 0 aromatic heterocycles. The molecular formula is C8H14O. The molecule has 1 heteroatoms. The molecule has 1 N–H and O–H groups in total. The van der Waals surface area contributed by atoms with Crippen molar-refractivity contribution in [3.8, 4) is 0 Å². The van der Waals surface area contributed by atoms with Crippen LogP contribution in [0.15, 0.2) is 12.7 Å². The van der Waals surface area contributed by atoms with Gasteiger partial charge in [0.2, 0.25) is 0 Å². The van der Waals surface area contributed by atoms with E-state index in [1.165, 1.54) is 12.8 Å². The summed E-state index contributed by atoms with van der Waals surface area (Å²) >= 11 is 0. The first-order valence-electron chi connectivity index (χ1n) is 3.65. The van der Waals surface area contributed by atoms with Gasteiger partial charge in [0.25, 0.3) is 0 Å². The zero-order valence-electron chi connectivity index (χ0n) is 5.71. The van der Waals surface area contributed by atoms with E-state index in [2.05, 4.69) is 6.58 Å². The summed E-state index contributed by atoms with van der Waals surface area (Å²) in [5.41, 5.74) is 0. The van der Waals surface area contributed by atoms with E-state index in [0.717, 1.165) is 12.8 Å². The lowest BCUT2D eigenvalue weighted by molar-refractivity contribution is 0.0929. The fraction of sp³-hybridized carbons (Fsp3) is 0.750. The topological polar surface area (TPSA) is 20.2 Å². The number of rotatable bonds is 1. The van der Waals surface area contributed by atoms with Gasteiger partial charge in [-0.2, -0.15) is 0 Å². The summed E-state index contributed by atoms with van der Waals surface area (Å²) < 4.78 is 0. The second-order valence-electron chi connectivity index (χ2n) is 2.75. The first-order chi connectivity index (χ1) is 4.34. The summed E-state index contributed by atoms with van der Waals surface area (Å²) in [6.45, 7) is 3.67. The number of aliphatic hydroxyl groups is 1. The SMILES string of the molecule is C=CC1CCCC[C@@H]1O. The fourth-order valence-electron chi connectivity index (χ4n) is 1.41. The molecule has 0 aromatic rings. The van der Waals surface area contributed by atoms with Gasteiger partial charge in [-0.15, -0.1) is 6.58 Å². The van der Waals surface area contributed by atoms with Gasteiger partial charge < -0.3 is 5.11 Å². The molecule has 0 amide bonds. The minimum Gasteiger partial charge on any atom is -0.393 e. The van der Waals surface area contributed by atoms with E-state index in [1.807, 2.05) is 6.08 Å². The van der Waals surface area contributed by atoms with E-state index >= 15 is 0 Å². The zero-order chi connectivity index (χ0) is 6.69. The van der Waals surface area contributed by atoms with Gasteiger partial charge in [-0.3, -0.25) is 0 Å². The average molecular weight is 126 g/mol. The summed E-state index contributed by atoms with van der Waals surface area (Å²) in [7, 11) is 0. The van der Waals surface area contributed by atoms with E-state index in [1.54, 1.807) is 0 Å². The van der Waals surface area contributed by atoms with Crippen molar-refractivity contribution in [3.63, 3.8) is 0 Å². The van der Waals surface area contributed by atoms with Crippen molar-refractivity contribution in [2.24, 2.45) is 5.92 Å².